The van der Waals surface area contributed by atoms with E-state index < -0.39 is 10.0 Å². The Labute approximate surface area is 116 Å². The molecule has 19 heavy (non-hydrogen) atoms. The first kappa shape index (κ1) is 14.4. The minimum Gasteiger partial charge on any atom is -0.368 e. The summed E-state index contributed by atoms with van der Waals surface area (Å²) in [6, 6.07) is 3.22. The van der Waals surface area contributed by atoms with Crippen LogP contribution in [0.25, 0.3) is 0 Å². The summed E-state index contributed by atoms with van der Waals surface area (Å²) in [5.74, 6) is -0.173. The van der Waals surface area contributed by atoms with Crippen LogP contribution in [0.4, 0.5) is 0 Å². The number of nitrogens with one attached hydrogen (secondary N) is 2. The third-order valence-corrected chi connectivity index (χ3v) is 5.56. The van der Waals surface area contributed by atoms with Crippen molar-refractivity contribution in [2.75, 3.05) is 19.7 Å². The van der Waals surface area contributed by atoms with E-state index in [9.17, 15) is 13.2 Å². The number of sulfonamides is 1. The van der Waals surface area contributed by atoms with Gasteiger partial charge in [0, 0.05) is 19.7 Å². The van der Waals surface area contributed by atoms with E-state index in [4.69, 9.17) is 4.74 Å². The maximum Gasteiger partial charge on any atom is 0.250 e. The zero-order valence-corrected chi connectivity index (χ0v) is 11.9. The van der Waals surface area contributed by atoms with Crippen LogP contribution in [-0.2, 0) is 19.6 Å². The largest absolute Gasteiger partial charge is 0.368 e. The lowest BCUT2D eigenvalue weighted by molar-refractivity contribution is -0.129. The van der Waals surface area contributed by atoms with E-state index in [-0.39, 0.29) is 29.3 Å². The summed E-state index contributed by atoms with van der Waals surface area (Å²) >= 11 is 1.16. The van der Waals surface area contributed by atoms with Crippen LogP contribution < -0.4 is 10.0 Å². The number of hydrogen-bond acceptors (Lipinski definition) is 5. The average molecular weight is 304 g/mol. The van der Waals surface area contributed by atoms with Crippen LogP contribution in [0.2, 0.25) is 0 Å². The highest BCUT2D eigenvalue weighted by Gasteiger charge is 2.23. The Hall–Kier alpha value is -0.960. The molecule has 106 valence electrons. The lowest BCUT2D eigenvalue weighted by Crippen LogP contribution is -2.39. The lowest BCUT2D eigenvalue weighted by Gasteiger charge is -2.10. The number of ether oxygens (including phenoxy) is 1. The van der Waals surface area contributed by atoms with Crippen molar-refractivity contribution in [1.29, 1.82) is 0 Å². The van der Waals surface area contributed by atoms with Gasteiger partial charge in [-0.1, -0.05) is 6.07 Å². The Balaban J connectivity index is 1.70. The summed E-state index contributed by atoms with van der Waals surface area (Å²) in [4.78, 5) is 11.6. The number of carbonyl (C=O) groups is 1. The van der Waals surface area contributed by atoms with Gasteiger partial charge in [0.25, 0.3) is 0 Å². The van der Waals surface area contributed by atoms with E-state index in [1.807, 2.05) is 0 Å². The fourth-order valence-electron chi connectivity index (χ4n) is 1.76. The molecule has 0 spiro atoms. The van der Waals surface area contributed by atoms with Crippen molar-refractivity contribution in [3.63, 3.8) is 0 Å². The number of thiophene rings is 1. The zero-order chi connectivity index (χ0) is 13.7. The Bertz CT molecular complexity index is 507. The van der Waals surface area contributed by atoms with Crippen LogP contribution in [0.3, 0.4) is 0 Å². The van der Waals surface area contributed by atoms with Gasteiger partial charge in [-0.3, -0.25) is 4.79 Å². The molecule has 1 fully saturated rings. The molecule has 6 nitrogen and oxygen atoms in total. The van der Waals surface area contributed by atoms with Gasteiger partial charge >= 0.3 is 0 Å². The molecule has 0 bridgehead atoms. The van der Waals surface area contributed by atoms with Crippen LogP contribution in [0.1, 0.15) is 12.8 Å². The summed E-state index contributed by atoms with van der Waals surface area (Å²) in [7, 11) is -3.45. The highest BCUT2D eigenvalue weighted by atomic mass is 32.2. The van der Waals surface area contributed by atoms with Gasteiger partial charge in [0.1, 0.15) is 10.3 Å². The Morgan fingerprint density at radius 1 is 1.47 bits per heavy atom. The summed E-state index contributed by atoms with van der Waals surface area (Å²) in [5, 5.41) is 4.36. The molecule has 1 aromatic rings. The Morgan fingerprint density at radius 2 is 2.32 bits per heavy atom. The molecule has 2 heterocycles. The number of hydrogen-bond donors (Lipinski definition) is 2. The molecule has 1 amide bonds. The minimum atomic E-state index is -3.45. The van der Waals surface area contributed by atoms with Gasteiger partial charge in [0.15, 0.2) is 0 Å². The van der Waals surface area contributed by atoms with Crippen LogP contribution >= 0.6 is 11.3 Å². The summed E-state index contributed by atoms with van der Waals surface area (Å²) < 4.78 is 31.4. The molecular formula is C11H16N2O4S2. The predicted octanol–water partition coefficient (Wildman–Crippen LogP) is 0.322. The SMILES string of the molecule is O=C(NCCNS(=O)(=O)c1cccs1)C1CCCO1. The Kier molecular flexibility index (Phi) is 4.92. The molecule has 0 aromatic carbocycles. The monoisotopic (exact) mass is 304 g/mol. The molecule has 0 aliphatic carbocycles. The third-order valence-electron chi connectivity index (χ3n) is 2.70. The fraction of sp³-hybridized carbons (Fsp3) is 0.545. The van der Waals surface area contributed by atoms with E-state index >= 15 is 0 Å². The van der Waals surface area contributed by atoms with Crippen LogP contribution in [0.5, 0.6) is 0 Å². The molecular weight excluding hydrogens is 288 g/mol. The van der Waals surface area contributed by atoms with E-state index in [0.29, 0.717) is 6.61 Å². The predicted molar refractivity (Wildman–Crippen MR) is 71.5 cm³/mol. The second-order valence-corrected chi connectivity index (χ2v) is 7.06. The molecule has 1 unspecified atom stereocenters. The van der Waals surface area contributed by atoms with Gasteiger partial charge in [0.05, 0.1) is 0 Å². The standard InChI is InChI=1S/C11H16N2O4S2/c14-11(9-3-1-7-17-9)12-5-6-13-19(15,16)10-4-2-8-18-10/h2,4,8-9,13H,1,3,5-7H2,(H,12,14). The summed E-state index contributed by atoms with van der Waals surface area (Å²) in [5.41, 5.74) is 0. The Morgan fingerprint density at radius 3 is 2.95 bits per heavy atom. The highest BCUT2D eigenvalue weighted by Crippen LogP contribution is 2.14. The first-order chi connectivity index (χ1) is 9.09. The highest BCUT2D eigenvalue weighted by molar-refractivity contribution is 7.91. The maximum atomic E-state index is 11.8. The van der Waals surface area contributed by atoms with Crippen molar-refractivity contribution < 1.29 is 17.9 Å². The first-order valence-electron chi connectivity index (χ1n) is 6.02. The normalized spacial score (nSPS) is 19.5. The van der Waals surface area contributed by atoms with Crippen molar-refractivity contribution in [2.45, 2.75) is 23.2 Å². The van der Waals surface area contributed by atoms with Gasteiger partial charge < -0.3 is 10.1 Å². The first-order valence-corrected chi connectivity index (χ1v) is 8.38. The second-order valence-electron chi connectivity index (χ2n) is 4.12. The van der Waals surface area contributed by atoms with Gasteiger partial charge in [-0.25, -0.2) is 13.1 Å². The minimum absolute atomic E-state index is 0.165. The van der Waals surface area contributed by atoms with Crippen molar-refractivity contribution in [1.82, 2.24) is 10.0 Å². The van der Waals surface area contributed by atoms with Crippen molar-refractivity contribution in [3.8, 4) is 0 Å². The topological polar surface area (TPSA) is 84.5 Å². The third kappa shape index (κ3) is 4.00. The quantitative estimate of drug-likeness (QED) is 0.741. The molecule has 1 aliphatic heterocycles. The fourth-order valence-corrected chi connectivity index (χ4v) is 3.83. The van der Waals surface area contributed by atoms with Crippen LogP contribution in [-0.4, -0.2) is 40.1 Å². The van der Waals surface area contributed by atoms with Crippen molar-refractivity contribution in [2.24, 2.45) is 0 Å². The molecule has 1 saturated heterocycles. The molecule has 0 radical (unpaired) electrons. The lowest BCUT2D eigenvalue weighted by atomic mass is 10.2. The number of rotatable bonds is 6. The number of amides is 1. The maximum absolute atomic E-state index is 11.8. The summed E-state index contributed by atoms with van der Waals surface area (Å²) in [6.45, 7) is 1.03. The number of carbonyl (C=O) groups excluding carboxylic acids is 1. The van der Waals surface area contributed by atoms with Crippen molar-refractivity contribution in [3.05, 3.63) is 17.5 Å². The van der Waals surface area contributed by atoms with Crippen LogP contribution in [0, 0.1) is 0 Å². The van der Waals surface area contributed by atoms with Crippen molar-refractivity contribution >= 4 is 27.3 Å². The van der Waals surface area contributed by atoms with E-state index in [1.54, 1.807) is 11.4 Å². The van der Waals surface area contributed by atoms with Gasteiger partial charge in [-0.2, -0.15) is 0 Å². The molecule has 2 N–H and O–H groups in total. The van der Waals surface area contributed by atoms with Crippen LogP contribution in [0.15, 0.2) is 21.7 Å². The molecule has 1 aromatic heterocycles. The van der Waals surface area contributed by atoms with E-state index in [2.05, 4.69) is 10.0 Å². The smallest absolute Gasteiger partial charge is 0.250 e. The summed E-state index contributed by atoms with van der Waals surface area (Å²) in [6.07, 6.45) is 1.24. The second kappa shape index (κ2) is 6.47. The molecule has 1 aliphatic rings. The van der Waals surface area contributed by atoms with Gasteiger partial charge in [-0.15, -0.1) is 11.3 Å². The van der Waals surface area contributed by atoms with Gasteiger partial charge in [0.2, 0.25) is 15.9 Å². The molecule has 0 saturated carbocycles. The zero-order valence-electron chi connectivity index (χ0n) is 10.3. The average Bonchev–Trinajstić information content (AvgIpc) is 3.04. The van der Waals surface area contributed by atoms with Gasteiger partial charge in [-0.05, 0) is 24.3 Å². The van der Waals surface area contributed by atoms with E-state index in [1.165, 1.54) is 6.07 Å². The van der Waals surface area contributed by atoms with E-state index in [0.717, 1.165) is 24.2 Å². The molecule has 2 rings (SSSR count). The molecule has 8 heteroatoms. The molecule has 1 atom stereocenters.